The molecule has 3 aromatic heterocycles. The summed E-state index contributed by atoms with van der Waals surface area (Å²) in [4.78, 5) is 51.4. The molecule has 5 N–H and O–H groups in total. The number of nitrogen functional groups attached to an aromatic ring is 1. The Kier molecular flexibility index (Phi) is 44.2. The Bertz CT molecular complexity index is 6700. The molecular weight excluding hydrogens is 1700 g/mol. The third-order valence-corrected chi connectivity index (χ3v) is 22.1. The molecule has 6 aromatic carbocycles. The van der Waals surface area contributed by atoms with Gasteiger partial charge in [0.1, 0.15) is 58.7 Å². The van der Waals surface area contributed by atoms with Gasteiger partial charge in [-0.3, -0.25) is 13.7 Å². The summed E-state index contributed by atoms with van der Waals surface area (Å²) in [5.41, 5.74) is 8.74. The molecule has 0 aliphatic carbocycles. The summed E-state index contributed by atoms with van der Waals surface area (Å²) in [6.45, 7) is 28.1. The molecular formula is C119H105N9O9. The number of nitrogens with two attached hydrogens (primary N) is 1. The molecule has 3 fully saturated rings. The first kappa shape index (κ1) is 106. The third kappa shape index (κ3) is 31.0. The first-order valence-electron chi connectivity index (χ1n) is 43.7. The van der Waals surface area contributed by atoms with E-state index in [1.165, 1.54) is 4.57 Å². The van der Waals surface area contributed by atoms with Crippen LogP contribution in [0.25, 0.3) is 0 Å². The zero-order valence-electron chi connectivity index (χ0n) is 79.5. The zero-order valence-corrected chi connectivity index (χ0v) is 79.5. The summed E-state index contributed by atoms with van der Waals surface area (Å²) in [7, 11) is 3.31. The van der Waals surface area contributed by atoms with Crippen LogP contribution in [0.5, 0.6) is 11.5 Å². The smallest absolute Gasteiger partial charge is 0.351 e. The van der Waals surface area contributed by atoms with Crippen LogP contribution < -0.4 is 42.9 Å². The first-order chi connectivity index (χ1) is 66.3. The highest BCUT2D eigenvalue weighted by molar-refractivity contribution is 5.61. The van der Waals surface area contributed by atoms with Gasteiger partial charge in [-0.1, -0.05) is 233 Å². The van der Waals surface area contributed by atoms with Crippen LogP contribution in [0.15, 0.2) is 221 Å². The van der Waals surface area contributed by atoms with Crippen molar-refractivity contribution in [1.29, 1.82) is 0 Å². The molecule has 0 spiro atoms. The number of rotatable bonds is 18. The number of aliphatic hydroxyl groups is 1. The van der Waals surface area contributed by atoms with Gasteiger partial charge in [0.15, 0.2) is 0 Å². The molecule has 680 valence electrons. The van der Waals surface area contributed by atoms with Crippen molar-refractivity contribution < 1.29 is 28.8 Å². The Morgan fingerprint density at radius 2 is 0.569 bits per heavy atom. The lowest BCUT2D eigenvalue weighted by Gasteiger charge is -2.37. The summed E-state index contributed by atoms with van der Waals surface area (Å²) in [6, 6.07) is 61.9. The van der Waals surface area contributed by atoms with Crippen LogP contribution >= 0.6 is 0 Å². The summed E-state index contributed by atoms with van der Waals surface area (Å²) in [5, 5.41) is 17.5. The van der Waals surface area contributed by atoms with Gasteiger partial charge in [-0.25, -0.2) is 14.4 Å². The highest BCUT2D eigenvalue weighted by Gasteiger charge is 2.46. The van der Waals surface area contributed by atoms with Gasteiger partial charge in [0.05, 0.1) is 38.6 Å². The Balaban J connectivity index is 0.000000241. The number of hydrogen-bond acceptors (Lipinski definition) is 15. The van der Waals surface area contributed by atoms with Gasteiger partial charge in [-0.15, -0.1) is 19.3 Å². The van der Waals surface area contributed by atoms with Gasteiger partial charge < -0.3 is 45.2 Å². The van der Waals surface area contributed by atoms with Crippen LogP contribution in [0.1, 0.15) is 149 Å². The maximum Gasteiger partial charge on any atom is 0.351 e. The average Bonchev–Trinajstić information content (AvgIpc) is 1.52. The Morgan fingerprint density at radius 1 is 0.336 bits per heavy atom. The van der Waals surface area contributed by atoms with Crippen molar-refractivity contribution in [3.05, 3.63) is 271 Å². The van der Waals surface area contributed by atoms with Crippen LogP contribution in [0.2, 0.25) is 0 Å². The van der Waals surface area contributed by atoms with E-state index in [9.17, 15) is 19.5 Å². The molecule has 12 rings (SSSR count). The monoisotopic (exact) mass is 1800 g/mol. The Hall–Kier alpha value is -17.6. The van der Waals surface area contributed by atoms with E-state index >= 15 is 0 Å². The van der Waals surface area contributed by atoms with Gasteiger partial charge in [-0.05, 0) is 323 Å². The molecule has 3 aliphatic heterocycles. The van der Waals surface area contributed by atoms with E-state index in [1.54, 1.807) is 69.5 Å². The predicted octanol–water partition coefficient (Wildman–Crippen LogP) is 15.3. The molecule has 3 saturated heterocycles. The number of benzene rings is 6. The van der Waals surface area contributed by atoms with E-state index < -0.39 is 29.1 Å². The molecule has 0 saturated carbocycles. The number of methoxy groups -OCH3 is 2. The second-order valence-electron chi connectivity index (χ2n) is 31.4. The van der Waals surface area contributed by atoms with Crippen molar-refractivity contribution in [3.8, 4) is 238 Å². The number of hydrogen-bond donors (Lipinski definition) is 4. The molecule has 18 heteroatoms. The summed E-state index contributed by atoms with van der Waals surface area (Å²) in [6.07, 6.45) is 18.0. The minimum Gasteiger partial charge on any atom is -0.497 e. The molecule has 1 unspecified atom stereocenters. The zero-order chi connectivity index (χ0) is 99.3. The normalized spacial score (nSPS) is 17.6. The second kappa shape index (κ2) is 56.9. The van der Waals surface area contributed by atoms with Gasteiger partial charge in [0.25, 0.3) is 0 Å². The average molecular weight is 1810 g/mol. The maximum absolute atomic E-state index is 13.4. The lowest BCUT2D eigenvalue weighted by atomic mass is 9.77. The molecule has 137 heavy (non-hydrogen) atoms. The number of terminal acetylenes is 3. The number of aromatic nitrogens is 6. The van der Waals surface area contributed by atoms with Crippen molar-refractivity contribution in [2.75, 3.05) is 30.6 Å². The van der Waals surface area contributed by atoms with E-state index in [2.05, 4.69) is 349 Å². The van der Waals surface area contributed by atoms with Crippen LogP contribution in [-0.4, -0.2) is 72.4 Å². The van der Waals surface area contributed by atoms with Crippen LogP contribution in [0.4, 0.5) is 17.5 Å². The highest BCUT2D eigenvalue weighted by atomic mass is 16.5. The van der Waals surface area contributed by atoms with E-state index in [0.717, 1.165) is 44.9 Å². The lowest BCUT2D eigenvalue weighted by molar-refractivity contribution is -0.0661. The number of anilines is 3. The van der Waals surface area contributed by atoms with Gasteiger partial charge >= 0.3 is 17.1 Å². The van der Waals surface area contributed by atoms with Crippen molar-refractivity contribution >= 4 is 17.5 Å². The van der Waals surface area contributed by atoms with Crippen molar-refractivity contribution in [1.82, 2.24) is 28.7 Å². The molecule has 18 nitrogen and oxygen atoms in total. The minimum absolute atomic E-state index is 0.0370. The second-order valence-corrected chi connectivity index (χ2v) is 31.4. The van der Waals surface area contributed by atoms with Crippen molar-refractivity contribution in [2.45, 2.75) is 151 Å². The standard InChI is InChI=1S/C33H37N3O3.C32H35N3O4.C15H4.C13H21N3O2.2C13H4/c1-22(2)30-23(3)24(4)31(39-30)36-21-20-29(34-32(36)37)35-33(25-12-8-6-9-13-25,26-14-10-7-11-15-26)27-16-18-28(38-5)19-17-27;1-21-22(2)30(39-29(21)23(3)36)35-20-19-28(33-31(35)37)34-32(24-11-7-5-8-12-24,25-13-9-6-10-14-25)26-15-17-27(38-4)18-16-26;1-3-5-7-9-11-13-15-14-12-10-8-6-4-2;1-7(2)11-8(3)9(4)12(18-11)16-6-5-10(14)15-13(16)17;2*1-3-5-7-9-11-13-12-10-8-6-4-2/h6-24,30-31H,1-5H3,(H,34,35,37);5-23,29-30,36H,1-4H3,(H,33,34,37);1H,2H3;5-9,11-12H,1-4H3,(H2,14,15,17);2*1H,2H3/t23-,24-,30+,31+;21-,22-,23?,29-,30+;;8-,9-,11+,12+;;/m00.0../s1. The minimum atomic E-state index is -0.844. The molecule has 0 radical (unpaired) electrons. The fourth-order valence-electron chi connectivity index (χ4n) is 15.2. The maximum atomic E-state index is 13.4. The molecule has 9 aromatic rings. The first-order valence-corrected chi connectivity index (χ1v) is 43.7. The van der Waals surface area contributed by atoms with Crippen molar-refractivity contribution in [2.24, 2.45) is 47.3 Å². The van der Waals surface area contributed by atoms with E-state index in [-0.39, 0.29) is 71.6 Å². The quantitative estimate of drug-likeness (QED) is 0.0463. The van der Waals surface area contributed by atoms with Gasteiger partial charge in [-0.2, -0.15) is 15.0 Å². The van der Waals surface area contributed by atoms with E-state index in [0.29, 0.717) is 35.3 Å². The van der Waals surface area contributed by atoms with Crippen LogP contribution in [0, 0.1) is 274 Å². The van der Waals surface area contributed by atoms with Gasteiger partial charge in [0, 0.05) is 36.3 Å². The van der Waals surface area contributed by atoms with Gasteiger partial charge in [0.2, 0.25) is 0 Å². The molecule has 3 aliphatic rings. The summed E-state index contributed by atoms with van der Waals surface area (Å²) < 4.78 is 34.1. The van der Waals surface area contributed by atoms with Crippen molar-refractivity contribution in [3.63, 3.8) is 0 Å². The predicted molar refractivity (Wildman–Crippen MR) is 545 cm³/mol. The number of ether oxygens (including phenoxy) is 5. The SMILES string of the molecule is C#CC#CC#CC#CC#CC#CC.C#CC#CC#CC#CC#CC#CC.C#CC#CC#CC#CC#CC#CC#CC.CC(C)[C@H]1O[C@@H](n2ccc(N)nc2=O)[C@@H](C)[C@@H]1C.COc1ccc(C(Nc2ccn([C@@H]3O[C@H](C(C)C)[C@@H](C)[C@@H]3C)c(=O)n2)(c2ccccc2)c2ccccc2)cc1.COc1ccc(C(Nc2ccn([C@@H]3O[C@H](C(C)O)[C@@H](C)[C@@H]3C)c(=O)n2)(c2ccccc2)c2ccccc2)cc1. The number of aliphatic hydroxyl groups excluding tert-OH is 1. The molecule has 13 atom stereocenters. The van der Waals surface area contributed by atoms with Crippen LogP contribution in [0.3, 0.4) is 0 Å². The fraction of sp³-hybridized carbons (Fsp3) is 0.277. The summed E-state index contributed by atoms with van der Waals surface area (Å²) in [5.74, 6) is 90.7. The number of nitrogens with zero attached hydrogens (tertiary/aromatic N) is 6. The molecule has 0 bridgehead atoms. The largest absolute Gasteiger partial charge is 0.497 e. The summed E-state index contributed by atoms with van der Waals surface area (Å²) >= 11 is 0. The third-order valence-electron chi connectivity index (χ3n) is 22.1. The number of nitrogens with one attached hydrogen (secondary N) is 2. The topological polar surface area (TPSA) is 221 Å². The van der Waals surface area contributed by atoms with E-state index in [4.69, 9.17) is 48.7 Å². The Morgan fingerprint density at radius 3 is 0.788 bits per heavy atom. The highest BCUT2D eigenvalue weighted by Crippen LogP contribution is 2.46. The van der Waals surface area contributed by atoms with Crippen LogP contribution in [-0.2, 0) is 25.3 Å². The fourth-order valence-corrected chi connectivity index (χ4v) is 15.2. The molecule has 0 amide bonds. The molecule has 6 heterocycles. The van der Waals surface area contributed by atoms with E-state index in [1.807, 2.05) is 141 Å². The lowest BCUT2D eigenvalue weighted by Crippen LogP contribution is -2.39. The Labute approximate surface area is 808 Å².